The van der Waals surface area contributed by atoms with Crippen LogP contribution in [0.25, 0.3) is 0 Å². The summed E-state index contributed by atoms with van der Waals surface area (Å²) in [7, 11) is 0. The molecule has 2 atom stereocenters. The summed E-state index contributed by atoms with van der Waals surface area (Å²) in [6, 6.07) is 10.4. The summed E-state index contributed by atoms with van der Waals surface area (Å²) in [6.07, 6.45) is 1.19. The summed E-state index contributed by atoms with van der Waals surface area (Å²) in [5.41, 5.74) is 2.16. The average molecular weight is 484 g/mol. The van der Waals surface area contributed by atoms with Crippen LogP contribution >= 0.6 is 24.0 Å². The van der Waals surface area contributed by atoms with Crippen molar-refractivity contribution in [3.8, 4) is 0 Å². The third kappa shape index (κ3) is 5.93. The molecule has 2 unspecified atom stereocenters. The van der Waals surface area contributed by atoms with Crippen LogP contribution in [0.2, 0.25) is 0 Å². The number of aliphatic imine (C=N–C) groups is 1. The number of nitrogens with one attached hydrogen (secondary N) is 2. The molecule has 0 bridgehead atoms. The molecule has 0 aliphatic carbocycles. The number of oxazole rings is 1. The Bertz CT molecular complexity index is 713. The number of halogens is 1. The molecule has 0 radical (unpaired) electrons. The molecule has 1 aromatic carbocycles. The van der Waals surface area contributed by atoms with Crippen molar-refractivity contribution in [1.82, 2.24) is 15.6 Å². The first kappa shape index (κ1) is 21.7. The van der Waals surface area contributed by atoms with Crippen LogP contribution in [-0.4, -0.2) is 30.6 Å². The van der Waals surface area contributed by atoms with Crippen LogP contribution in [-0.2, 0) is 11.3 Å². The maximum absolute atomic E-state index is 5.96. The van der Waals surface area contributed by atoms with Gasteiger partial charge in [-0.15, -0.1) is 24.0 Å². The van der Waals surface area contributed by atoms with Crippen molar-refractivity contribution in [2.24, 2.45) is 10.9 Å². The fourth-order valence-electron chi connectivity index (χ4n) is 3.18. The first-order valence-electron chi connectivity index (χ1n) is 9.29. The Kier molecular flexibility index (Phi) is 8.56. The van der Waals surface area contributed by atoms with Gasteiger partial charge in [0.1, 0.15) is 12.3 Å². The van der Waals surface area contributed by atoms with Gasteiger partial charge in [0.25, 0.3) is 0 Å². The fraction of sp³-hybridized carbons (Fsp3) is 0.500. The van der Waals surface area contributed by atoms with Crippen molar-refractivity contribution >= 4 is 29.9 Å². The largest absolute Gasteiger partial charge is 0.444 e. The predicted octanol–water partition coefficient (Wildman–Crippen LogP) is 3.74. The van der Waals surface area contributed by atoms with Crippen molar-refractivity contribution < 1.29 is 9.15 Å². The van der Waals surface area contributed by atoms with Crippen molar-refractivity contribution in [3.63, 3.8) is 0 Å². The van der Waals surface area contributed by atoms with Gasteiger partial charge in [-0.1, -0.05) is 30.3 Å². The van der Waals surface area contributed by atoms with E-state index in [4.69, 9.17) is 9.15 Å². The van der Waals surface area contributed by atoms with Crippen molar-refractivity contribution in [2.75, 3.05) is 19.7 Å². The SMILES string of the molecule is CCNC(=NCc1nc(C)c(C)o1)NCC1CCOC1c1ccccc1.I. The Balaban J connectivity index is 0.00000261. The molecule has 2 aromatic rings. The Morgan fingerprint density at radius 2 is 2.00 bits per heavy atom. The molecule has 6 nitrogen and oxygen atoms in total. The number of hydrogen-bond acceptors (Lipinski definition) is 4. The number of nitrogens with zero attached hydrogens (tertiary/aromatic N) is 2. The van der Waals surface area contributed by atoms with Gasteiger partial charge >= 0.3 is 0 Å². The molecule has 7 heteroatoms. The quantitative estimate of drug-likeness (QED) is 0.372. The lowest BCUT2D eigenvalue weighted by Crippen LogP contribution is -2.40. The highest BCUT2D eigenvalue weighted by Gasteiger charge is 2.29. The monoisotopic (exact) mass is 484 g/mol. The number of rotatable bonds is 6. The molecule has 1 aromatic heterocycles. The van der Waals surface area contributed by atoms with E-state index in [1.165, 1.54) is 5.56 Å². The van der Waals surface area contributed by atoms with Gasteiger partial charge in [-0.05, 0) is 32.8 Å². The van der Waals surface area contributed by atoms with Crippen LogP contribution in [0.4, 0.5) is 0 Å². The number of aromatic nitrogens is 1. The minimum absolute atomic E-state index is 0. The third-order valence-corrected chi connectivity index (χ3v) is 4.66. The van der Waals surface area contributed by atoms with Gasteiger partial charge in [0, 0.05) is 25.6 Å². The summed E-state index contributed by atoms with van der Waals surface area (Å²) in [5.74, 6) is 2.69. The summed E-state index contributed by atoms with van der Waals surface area (Å²) < 4.78 is 11.6. The zero-order valence-electron chi connectivity index (χ0n) is 16.2. The van der Waals surface area contributed by atoms with E-state index < -0.39 is 0 Å². The van der Waals surface area contributed by atoms with E-state index in [2.05, 4.69) is 51.8 Å². The van der Waals surface area contributed by atoms with Crippen LogP contribution in [0.3, 0.4) is 0 Å². The average Bonchev–Trinajstić information content (AvgIpc) is 3.25. The molecule has 0 saturated carbocycles. The normalized spacial score (nSPS) is 19.6. The van der Waals surface area contributed by atoms with Gasteiger partial charge in [-0.2, -0.15) is 0 Å². The molecular weight excluding hydrogens is 455 g/mol. The van der Waals surface area contributed by atoms with E-state index in [0.29, 0.717) is 18.4 Å². The Morgan fingerprint density at radius 3 is 2.67 bits per heavy atom. The molecule has 1 aliphatic rings. The van der Waals surface area contributed by atoms with Gasteiger partial charge in [0.15, 0.2) is 5.96 Å². The minimum Gasteiger partial charge on any atom is -0.444 e. The second-order valence-electron chi connectivity index (χ2n) is 6.58. The number of guanidine groups is 1. The standard InChI is InChI=1S/C20H28N4O2.HI/c1-4-21-20(23-13-18-24-14(2)15(3)26-18)22-12-17-10-11-25-19(17)16-8-6-5-7-9-16;/h5-9,17,19H,4,10-13H2,1-3H3,(H2,21,22,23);1H. The highest BCUT2D eigenvalue weighted by atomic mass is 127. The van der Waals surface area contributed by atoms with E-state index in [-0.39, 0.29) is 30.1 Å². The summed E-state index contributed by atoms with van der Waals surface area (Å²) in [5, 5.41) is 6.72. The molecular formula is C20H29IN4O2. The van der Waals surface area contributed by atoms with E-state index in [9.17, 15) is 0 Å². The summed E-state index contributed by atoms with van der Waals surface area (Å²) in [6.45, 7) is 8.76. The van der Waals surface area contributed by atoms with Crippen LogP contribution in [0.15, 0.2) is 39.7 Å². The third-order valence-electron chi connectivity index (χ3n) is 4.66. The summed E-state index contributed by atoms with van der Waals surface area (Å²) >= 11 is 0. The van der Waals surface area contributed by atoms with Crippen LogP contribution in [0, 0.1) is 19.8 Å². The van der Waals surface area contributed by atoms with Crippen molar-refractivity contribution in [2.45, 2.75) is 39.8 Å². The molecule has 1 aliphatic heterocycles. The molecule has 1 fully saturated rings. The van der Waals surface area contributed by atoms with E-state index in [1.807, 2.05) is 19.9 Å². The maximum atomic E-state index is 5.96. The minimum atomic E-state index is 0. The maximum Gasteiger partial charge on any atom is 0.216 e. The van der Waals surface area contributed by atoms with Gasteiger partial charge in [-0.25, -0.2) is 9.98 Å². The van der Waals surface area contributed by atoms with Crippen LogP contribution < -0.4 is 10.6 Å². The smallest absolute Gasteiger partial charge is 0.216 e. The zero-order chi connectivity index (χ0) is 18.4. The molecule has 0 amide bonds. The first-order chi connectivity index (χ1) is 12.7. The summed E-state index contributed by atoms with van der Waals surface area (Å²) in [4.78, 5) is 8.98. The number of hydrogen-bond donors (Lipinski definition) is 2. The Morgan fingerprint density at radius 1 is 1.22 bits per heavy atom. The highest BCUT2D eigenvalue weighted by Crippen LogP contribution is 2.33. The molecule has 2 N–H and O–H groups in total. The number of ether oxygens (including phenoxy) is 1. The molecule has 148 valence electrons. The van der Waals surface area contributed by atoms with Crippen LogP contribution in [0.5, 0.6) is 0 Å². The van der Waals surface area contributed by atoms with Gasteiger partial charge < -0.3 is 19.8 Å². The van der Waals surface area contributed by atoms with Gasteiger partial charge in [0.05, 0.1) is 11.8 Å². The van der Waals surface area contributed by atoms with Crippen LogP contribution in [0.1, 0.15) is 42.4 Å². The predicted molar refractivity (Wildman–Crippen MR) is 117 cm³/mol. The zero-order valence-corrected chi connectivity index (χ0v) is 18.5. The van der Waals surface area contributed by atoms with Crippen molar-refractivity contribution in [3.05, 3.63) is 53.2 Å². The second-order valence-corrected chi connectivity index (χ2v) is 6.58. The second kappa shape index (κ2) is 10.7. The lowest BCUT2D eigenvalue weighted by molar-refractivity contribution is 0.0915. The molecule has 2 heterocycles. The molecule has 0 spiro atoms. The number of aryl methyl sites for hydroxylation is 2. The van der Waals surface area contributed by atoms with E-state index >= 15 is 0 Å². The fourth-order valence-corrected chi connectivity index (χ4v) is 3.18. The lowest BCUT2D eigenvalue weighted by atomic mass is 9.95. The highest BCUT2D eigenvalue weighted by molar-refractivity contribution is 14.0. The lowest BCUT2D eigenvalue weighted by Gasteiger charge is -2.20. The Labute approximate surface area is 178 Å². The van der Waals surface area contributed by atoms with E-state index in [0.717, 1.165) is 43.5 Å². The Hall–Kier alpha value is -1.61. The molecule has 27 heavy (non-hydrogen) atoms. The van der Waals surface area contributed by atoms with Gasteiger partial charge in [0.2, 0.25) is 5.89 Å². The van der Waals surface area contributed by atoms with E-state index in [1.54, 1.807) is 0 Å². The van der Waals surface area contributed by atoms with Crippen molar-refractivity contribution in [1.29, 1.82) is 0 Å². The van der Waals surface area contributed by atoms with Gasteiger partial charge in [-0.3, -0.25) is 0 Å². The number of benzene rings is 1. The molecule has 1 saturated heterocycles. The topological polar surface area (TPSA) is 71.7 Å². The first-order valence-corrected chi connectivity index (χ1v) is 9.29. The molecule has 3 rings (SSSR count).